The molecule has 0 unspecified atom stereocenters. The van der Waals surface area contributed by atoms with Crippen molar-refractivity contribution < 1.29 is 4.79 Å². The van der Waals surface area contributed by atoms with Crippen LogP contribution in [0.2, 0.25) is 0 Å². The first-order valence-corrected chi connectivity index (χ1v) is 5.36. The molecule has 0 aliphatic heterocycles. The van der Waals surface area contributed by atoms with Gasteiger partial charge in [-0.25, -0.2) is 0 Å². The molecular formula is C10H13NOS. The van der Waals surface area contributed by atoms with E-state index in [-0.39, 0.29) is 5.91 Å². The third-order valence-corrected chi connectivity index (χ3v) is 3.39. The number of rotatable bonds is 2. The molecule has 1 N–H and O–H groups in total. The van der Waals surface area contributed by atoms with Gasteiger partial charge in [0.2, 0.25) is 0 Å². The molecule has 0 radical (unpaired) electrons. The normalized spacial score (nSPS) is 25.7. The zero-order valence-corrected chi connectivity index (χ0v) is 8.65. The zero-order valence-electron chi connectivity index (χ0n) is 7.83. The van der Waals surface area contributed by atoms with Crippen LogP contribution >= 0.6 is 11.3 Å². The first-order valence-electron chi connectivity index (χ1n) is 4.54. The first kappa shape index (κ1) is 8.75. The molecule has 0 aromatic carbocycles. The summed E-state index contributed by atoms with van der Waals surface area (Å²) in [6.07, 6.45) is 1.14. The maximum atomic E-state index is 11.6. The van der Waals surface area contributed by atoms with Gasteiger partial charge in [0, 0.05) is 10.9 Å². The third-order valence-electron chi connectivity index (χ3n) is 2.39. The van der Waals surface area contributed by atoms with Gasteiger partial charge in [-0.1, -0.05) is 6.92 Å². The zero-order chi connectivity index (χ0) is 9.42. The van der Waals surface area contributed by atoms with Crippen LogP contribution in [0.3, 0.4) is 0 Å². The van der Waals surface area contributed by atoms with Crippen molar-refractivity contribution in [2.75, 3.05) is 0 Å². The molecule has 1 amide bonds. The summed E-state index contributed by atoms with van der Waals surface area (Å²) in [7, 11) is 0. The van der Waals surface area contributed by atoms with Gasteiger partial charge in [0.05, 0.1) is 4.88 Å². The highest BCUT2D eigenvalue weighted by atomic mass is 32.1. The van der Waals surface area contributed by atoms with Gasteiger partial charge in [-0.15, -0.1) is 11.3 Å². The summed E-state index contributed by atoms with van der Waals surface area (Å²) in [5, 5.41) is 3.00. The predicted molar refractivity (Wildman–Crippen MR) is 54.1 cm³/mol. The number of thiophene rings is 1. The number of carbonyl (C=O) groups is 1. The Hall–Kier alpha value is -0.830. The summed E-state index contributed by atoms with van der Waals surface area (Å²) in [5.41, 5.74) is 0. The number of aryl methyl sites for hydroxylation is 1. The lowest BCUT2D eigenvalue weighted by molar-refractivity contribution is 0.0953. The second kappa shape index (κ2) is 3.14. The van der Waals surface area contributed by atoms with E-state index >= 15 is 0 Å². The molecule has 13 heavy (non-hydrogen) atoms. The molecule has 1 aliphatic rings. The Bertz CT molecular complexity index is 331. The Morgan fingerprint density at radius 2 is 2.31 bits per heavy atom. The third kappa shape index (κ3) is 1.91. The van der Waals surface area contributed by atoms with E-state index in [2.05, 4.69) is 12.2 Å². The van der Waals surface area contributed by atoms with Gasteiger partial charge in [-0.2, -0.15) is 0 Å². The van der Waals surface area contributed by atoms with E-state index in [1.54, 1.807) is 11.3 Å². The molecule has 2 atom stereocenters. The summed E-state index contributed by atoms with van der Waals surface area (Å²) in [6, 6.07) is 4.30. The molecule has 0 bridgehead atoms. The maximum Gasteiger partial charge on any atom is 0.261 e. The van der Waals surface area contributed by atoms with Crippen LogP contribution in [-0.2, 0) is 0 Å². The van der Waals surface area contributed by atoms with Crippen LogP contribution in [0.5, 0.6) is 0 Å². The van der Waals surface area contributed by atoms with Crippen LogP contribution in [0, 0.1) is 12.8 Å². The molecule has 1 aromatic heterocycles. The smallest absolute Gasteiger partial charge is 0.261 e. The van der Waals surface area contributed by atoms with Crippen molar-refractivity contribution >= 4 is 17.2 Å². The summed E-state index contributed by atoms with van der Waals surface area (Å²) >= 11 is 1.55. The highest BCUT2D eigenvalue weighted by Gasteiger charge is 2.34. The van der Waals surface area contributed by atoms with E-state index in [4.69, 9.17) is 0 Å². The van der Waals surface area contributed by atoms with Crippen molar-refractivity contribution in [3.8, 4) is 0 Å². The van der Waals surface area contributed by atoms with Gasteiger partial charge < -0.3 is 5.32 Å². The van der Waals surface area contributed by atoms with Crippen LogP contribution in [0.1, 0.15) is 27.9 Å². The van der Waals surface area contributed by atoms with Crippen LogP contribution in [0.15, 0.2) is 12.1 Å². The molecule has 70 valence electrons. The summed E-state index contributed by atoms with van der Waals surface area (Å²) in [4.78, 5) is 13.6. The van der Waals surface area contributed by atoms with Crippen LogP contribution in [-0.4, -0.2) is 11.9 Å². The number of hydrogen-bond donors (Lipinski definition) is 1. The minimum atomic E-state index is 0.0902. The van der Waals surface area contributed by atoms with Gasteiger partial charge in [0.15, 0.2) is 0 Å². The Morgan fingerprint density at radius 1 is 1.62 bits per heavy atom. The fourth-order valence-corrected chi connectivity index (χ4v) is 2.09. The van der Waals surface area contributed by atoms with E-state index in [1.165, 1.54) is 4.88 Å². The fraction of sp³-hybridized carbons (Fsp3) is 0.500. The lowest BCUT2D eigenvalue weighted by Crippen LogP contribution is -2.25. The van der Waals surface area contributed by atoms with Crippen molar-refractivity contribution in [3.05, 3.63) is 21.9 Å². The average Bonchev–Trinajstić information content (AvgIpc) is 2.62. The average molecular weight is 195 g/mol. The minimum Gasteiger partial charge on any atom is -0.348 e. The standard InChI is InChI=1S/C10H13NOS/c1-6-5-8(6)11-10(12)9-4-3-7(2)13-9/h3-4,6,8H,5H2,1-2H3,(H,11,12)/t6-,8-/m1/s1. The predicted octanol–water partition coefficient (Wildman–Crippen LogP) is 2.19. The highest BCUT2D eigenvalue weighted by Crippen LogP contribution is 2.29. The molecule has 1 saturated carbocycles. The summed E-state index contributed by atoms with van der Waals surface area (Å²) in [6.45, 7) is 4.17. The number of hydrogen-bond acceptors (Lipinski definition) is 2. The maximum absolute atomic E-state index is 11.6. The lowest BCUT2D eigenvalue weighted by Gasteiger charge is -1.99. The van der Waals surface area contributed by atoms with Crippen molar-refractivity contribution in [1.82, 2.24) is 5.32 Å². The van der Waals surface area contributed by atoms with Crippen LogP contribution < -0.4 is 5.32 Å². The van der Waals surface area contributed by atoms with Crippen molar-refractivity contribution in [2.24, 2.45) is 5.92 Å². The van der Waals surface area contributed by atoms with Crippen LogP contribution in [0.25, 0.3) is 0 Å². The van der Waals surface area contributed by atoms with E-state index in [1.807, 2.05) is 19.1 Å². The molecule has 3 heteroatoms. The van der Waals surface area contributed by atoms with Crippen molar-refractivity contribution in [1.29, 1.82) is 0 Å². The second-order valence-corrected chi connectivity index (χ2v) is 4.99. The van der Waals surface area contributed by atoms with Gasteiger partial charge in [0.25, 0.3) is 5.91 Å². The molecule has 1 aromatic rings. The van der Waals surface area contributed by atoms with Gasteiger partial charge >= 0.3 is 0 Å². The number of nitrogens with one attached hydrogen (secondary N) is 1. The molecule has 0 spiro atoms. The molecule has 1 heterocycles. The van der Waals surface area contributed by atoms with E-state index < -0.39 is 0 Å². The Labute approximate surface area is 82.0 Å². The lowest BCUT2D eigenvalue weighted by atomic mass is 10.4. The molecular weight excluding hydrogens is 182 g/mol. The van der Waals surface area contributed by atoms with Crippen molar-refractivity contribution in [3.63, 3.8) is 0 Å². The van der Waals surface area contributed by atoms with E-state index in [0.29, 0.717) is 12.0 Å². The SMILES string of the molecule is Cc1ccc(C(=O)N[C@@H]2C[C@H]2C)s1. The molecule has 1 fully saturated rings. The molecule has 2 rings (SSSR count). The molecule has 1 aliphatic carbocycles. The summed E-state index contributed by atoms with van der Waals surface area (Å²) in [5.74, 6) is 0.762. The topological polar surface area (TPSA) is 29.1 Å². The Kier molecular flexibility index (Phi) is 2.12. The summed E-state index contributed by atoms with van der Waals surface area (Å²) < 4.78 is 0. The van der Waals surface area contributed by atoms with Gasteiger partial charge in [-0.3, -0.25) is 4.79 Å². The molecule has 0 saturated heterocycles. The van der Waals surface area contributed by atoms with Crippen LogP contribution in [0.4, 0.5) is 0 Å². The quantitative estimate of drug-likeness (QED) is 0.770. The van der Waals surface area contributed by atoms with Gasteiger partial charge in [0.1, 0.15) is 0 Å². The second-order valence-electron chi connectivity index (χ2n) is 3.70. The minimum absolute atomic E-state index is 0.0902. The Morgan fingerprint density at radius 3 is 2.77 bits per heavy atom. The molecule has 2 nitrogen and oxygen atoms in total. The monoisotopic (exact) mass is 195 g/mol. The Balaban J connectivity index is 1.97. The van der Waals surface area contributed by atoms with Crippen molar-refractivity contribution in [2.45, 2.75) is 26.3 Å². The van der Waals surface area contributed by atoms with E-state index in [9.17, 15) is 4.79 Å². The number of carbonyl (C=O) groups excluding carboxylic acids is 1. The van der Waals surface area contributed by atoms with Gasteiger partial charge in [-0.05, 0) is 31.4 Å². The fourth-order valence-electron chi connectivity index (χ4n) is 1.32. The first-order chi connectivity index (χ1) is 6.16. The van der Waals surface area contributed by atoms with E-state index in [0.717, 1.165) is 11.3 Å². The highest BCUT2D eigenvalue weighted by molar-refractivity contribution is 7.13. The number of amides is 1. The largest absolute Gasteiger partial charge is 0.348 e.